The van der Waals surface area contributed by atoms with E-state index in [4.69, 9.17) is 15.6 Å². The number of ether oxygens (including phenoxy) is 1. The van der Waals surface area contributed by atoms with Crippen LogP contribution in [0.1, 0.15) is 12.8 Å². The fraction of sp³-hybridized carbons (Fsp3) is 0.400. The van der Waals surface area contributed by atoms with Gasteiger partial charge in [0.2, 0.25) is 0 Å². The van der Waals surface area contributed by atoms with Crippen LogP contribution in [-0.4, -0.2) is 27.7 Å². The molecular weight excluding hydrogens is 228 g/mol. The van der Waals surface area contributed by atoms with E-state index < -0.39 is 10.8 Å². The number of nitrogens with two attached hydrogens (primary N) is 1. The molecule has 0 aromatic heterocycles. The molecule has 0 amide bonds. The average molecular weight is 242 g/mol. The molecule has 0 spiro atoms. The van der Waals surface area contributed by atoms with Crippen molar-refractivity contribution in [2.45, 2.75) is 18.8 Å². The Morgan fingerprint density at radius 2 is 2.24 bits per heavy atom. The van der Waals surface area contributed by atoms with Gasteiger partial charge in [-0.25, -0.2) is 0 Å². The van der Waals surface area contributed by atoms with Gasteiger partial charge in [0.15, 0.2) is 0 Å². The zero-order valence-electron chi connectivity index (χ0n) is 9.07. The third-order valence-corrected chi connectivity index (χ3v) is 2.02. The number of aliphatic hydroxyl groups excluding tert-OH is 1. The monoisotopic (exact) mass is 242 g/mol. The van der Waals surface area contributed by atoms with E-state index in [1.54, 1.807) is 0 Å². The van der Waals surface area contributed by atoms with Gasteiger partial charge in [0.25, 0.3) is 11.6 Å². The van der Waals surface area contributed by atoms with E-state index in [2.05, 4.69) is 0 Å². The van der Waals surface area contributed by atoms with Gasteiger partial charge in [-0.15, -0.1) is 0 Å². The highest BCUT2D eigenvalue weighted by Gasteiger charge is 2.23. The van der Waals surface area contributed by atoms with Gasteiger partial charge in [-0.1, -0.05) is 6.07 Å². The predicted octanol–water partition coefficient (Wildman–Crippen LogP) is 0.351. The minimum absolute atomic E-state index is 0.0200. The van der Waals surface area contributed by atoms with Crippen molar-refractivity contribution in [3.05, 3.63) is 34.4 Å². The zero-order chi connectivity index (χ0) is 12.9. The molecule has 94 valence electrons. The lowest BCUT2D eigenvalue weighted by Crippen LogP contribution is -2.45. The highest BCUT2D eigenvalue weighted by molar-refractivity contribution is 5.38. The lowest BCUT2D eigenvalue weighted by molar-refractivity contribution is -0.385. The largest absolute Gasteiger partial charge is 0.449 e. The first-order chi connectivity index (χ1) is 7.94. The molecule has 1 unspecified atom stereocenters. The molecule has 0 aliphatic carbocycles. The summed E-state index contributed by atoms with van der Waals surface area (Å²) < 4.78 is 5.01. The number of nitrogens with zero attached hydrogens (tertiary/aromatic N) is 1. The van der Waals surface area contributed by atoms with Crippen molar-refractivity contribution in [3.8, 4) is 5.75 Å². The van der Waals surface area contributed by atoms with Crippen LogP contribution < -0.4 is 10.5 Å². The number of rotatable bonds is 6. The van der Waals surface area contributed by atoms with Crippen LogP contribution in [0.25, 0.3) is 0 Å². The molecule has 0 aliphatic rings. The molecule has 0 saturated carbocycles. The van der Waals surface area contributed by atoms with E-state index in [9.17, 15) is 15.2 Å². The molecule has 1 aromatic rings. The molecule has 4 N–H and O–H groups in total. The van der Waals surface area contributed by atoms with Crippen LogP contribution in [0.4, 0.5) is 5.69 Å². The highest BCUT2D eigenvalue weighted by atomic mass is 16.6. The summed E-state index contributed by atoms with van der Waals surface area (Å²) in [6.07, 6.45) is 0.286. The van der Waals surface area contributed by atoms with Gasteiger partial charge < -0.3 is 14.9 Å². The Bertz CT molecular complexity index is 394. The van der Waals surface area contributed by atoms with Crippen molar-refractivity contribution in [2.24, 2.45) is 5.73 Å². The van der Waals surface area contributed by atoms with Gasteiger partial charge in [-0.2, -0.15) is 0 Å². The second-order valence-electron chi connectivity index (χ2n) is 3.53. The number of benzene rings is 1. The summed E-state index contributed by atoms with van der Waals surface area (Å²) in [5, 5.41) is 28.7. The fourth-order valence-corrected chi connectivity index (χ4v) is 1.25. The Labute approximate surface area is 97.6 Å². The first-order valence-corrected chi connectivity index (χ1v) is 5.00. The lowest BCUT2D eigenvalue weighted by Gasteiger charge is -2.23. The number of aliphatic hydroxyl groups is 2. The van der Waals surface area contributed by atoms with Crippen LogP contribution in [0.2, 0.25) is 0 Å². The van der Waals surface area contributed by atoms with Crippen LogP contribution in [-0.2, 0) is 0 Å². The summed E-state index contributed by atoms with van der Waals surface area (Å²) in [6, 6.07) is 5.34. The Balaban J connectivity index is 2.73. The average Bonchev–Trinajstić information content (AvgIpc) is 2.26. The molecule has 0 fully saturated rings. The minimum Gasteiger partial charge on any atom is -0.449 e. The summed E-state index contributed by atoms with van der Waals surface area (Å²) in [5.41, 5.74) is 5.26. The maximum Gasteiger partial charge on any atom is 0.273 e. The van der Waals surface area contributed by atoms with Crippen LogP contribution in [0, 0.1) is 10.1 Å². The molecule has 1 aromatic carbocycles. The van der Waals surface area contributed by atoms with Gasteiger partial charge in [0.1, 0.15) is 5.75 Å². The van der Waals surface area contributed by atoms with Crippen LogP contribution in [0.3, 0.4) is 0 Å². The van der Waals surface area contributed by atoms with Crippen molar-refractivity contribution in [1.82, 2.24) is 0 Å². The number of nitro groups is 1. The number of non-ortho nitro benzene ring substituents is 1. The SMILES string of the molecule is NC(O)(CCCO)Oc1cccc([N+](=O)[O-])c1. The summed E-state index contributed by atoms with van der Waals surface area (Å²) in [7, 11) is 0. The molecule has 17 heavy (non-hydrogen) atoms. The van der Waals surface area contributed by atoms with Gasteiger partial charge in [-0.05, 0) is 12.5 Å². The number of hydrogen-bond acceptors (Lipinski definition) is 6. The maximum absolute atomic E-state index is 10.5. The van der Waals surface area contributed by atoms with E-state index in [0.29, 0.717) is 0 Å². The smallest absolute Gasteiger partial charge is 0.273 e. The van der Waals surface area contributed by atoms with Crippen LogP contribution >= 0.6 is 0 Å². The van der Waals surface area contributed by atoms with Gasteiger partial charge in [-0.3, -0.25) is 15.8 Å². The molecule has 7 heteroatoms. The third-order valence-electron chi connectivity index (χ3n) is 2.02. The molecule has 1 rings (SSSR count). The molecule has 0 radical (unpaired) electrons. The fourth-order valence-electron chi connectivity index (χ4n) is 1.25. The first kappa shape index (κ1) is 13.4. The van der Waals surface area contributed by atoms with E-state index in [1.807, 2.05) is 0 Å². The summed E-state index contributed by atoms with van der Waals surface area (Å²) in [5.74, 6) is -1.85. The predicted molar refractivity (Wildman–Crippen MR) is 59.2 cm³/mol. The standard InChI is InChI=1S/C10H14N2O5/c11-10(14,5-2-6-13)17-9-4-1-3-8(7-9)12(15)16/h1,3-4,7,13-14H,2,5-6,11H2. The molecule has 1 atom stereocenters. The minimum atomic E-state index is -1.95. The Hall–Kier alpha value is -1.70. The quantitative estimate of drug-likeness (QED) is 0.376. The first-order valence-electron chi connectivity index (χ1n) is 5.00. The molecular formula is C10H14N2O5. The Morgan fingerprint density at radius 3 is 2.82 bits per heavy atom. The van der Waals surface area contributed by atoms with Crippen molar-refractivity contribution in [2.75, 3.05) is 6.61 Å². The maximum atomic E-state index is 10.5. The van der Waals surface area contributed by atoms with Crippen molar-refractivity contribution in [1.29, 1.82) is 0 Å². The second-order valence-corrected chi connectivity index (χ2v) is 3.53. The number of hydrogen-bond donors (Lipinski definition) is 3. The Morgan fingerprint density at radius 1 is 1.53 bits per heavy atom. The van der Waals surface area contributed by atoms with Gasteiger partial charge in [0, 0.05) is 19.1 Å². The zero-order valence-corrected chi connectivity index (χ0v) is 9.07. The van der Waals surface area contributed by atoms with Crippen LogP contribution in [0.5, 0.6) is 5.75 Å². The normalized spacial score (nSPS) is 14.1. The molecule has 0 heterocycles. The van der Waals surface area contributed by atoms with E-state index in [-0.39, 0.29) is 30.9 Å². The summed E-state index contributed by atoms with van der Waals surface area (Å²) >= 11 is 0. The second kappa shape index (κ2) is 5.58. The topological polar surface area (TPSA) is 119 Å². The highest BCUT2D eigenvalue weighted by Crippen LogP contribution is 2.22. The van der Waals surface area contributed by atoms with E-state index >= 15 is 0 Å². The Kier molecular flexibility index (Phi) is 4.38. The lowest BCUT2D eigenvalue weighted by atomic mass is 10.2. The van der Waals surface area contributed by atoms with Crippen molar-refractivity contribution in [3.63, 3.8) is 0 Å². The molecule has 0 aliphatic heterocycles. The van der Waals surface area contributed by atoms with E-state index in [0.717, 1.165) is 6.07 Å². The third kappa shape index (κ3) is 4.35. The van der Waals surface area contributed by atoms with Crippen molar-refractivity contribution < 1.29 is 19.9 Å². The van der Waals surface area contributed by atoms with E-state index in [1.165, 1.54) is 18.2 Å². The molecule has 0 saturated heterocycles. The van der Waals surface area contributed by atoms with Gasteiger partial charge >= 0.3 is 0 Å². The van der Waals surface area contributed by atoms with Crippen LogP contribution in [0.15, 0.2) is 24.3 Å². The summed E-state index contributed by atoms with van der Waals surface area (Å²) in [4.78, 5) is 9.94. The molecule has 0 bridgehead atoms. The molecule has 7 nitrogen and oxygen atoms in total. The summed E-state index contributed by atoms with van der Waals surface area (Å²) in [6.45, 7) is -0.127. The van der Waals surface area contributed by atoms with Crippen molar-refractivity contribution >= 4 is 5.69 Å². The number of nitro benzene ring substituents is 1. The van der Waals surface area contributed by atoms with Gasteiger partial charge in [0.05, 0.1) is 11.0 Å².